The fraction of sp³-hybridized carbons (Fsp3) is 0.364. The molecule has 1 rings (SSSR count). The summed E-state index contributed by atoms with van der Waals surface area (Å²) < 4.78 is 29.7. The largest absolute Gasteiger partial charge is 0.497 e. The van der Waals surface area contributed by atoms with Gasteiger partial charge in [-0.3, -0.25) is 9.10 Å². The summed E-state index contributed by atoms with van der Waals surface area (Å²) in [5, 5.41) is 0. The van der Waals surface area contributed by atoms with Gasteiger partial charge in [-0.15, -0.1) is 0 Å². The average Bonchev–Trinajstić information content (AvgIpc) is 2.36. The van der Waals surface area contributed by atoms with E-state index in [9.17, 15) is 13.2 Å². The Morgan fingerprint density at radius 1 is 1.33 bits per heavy atom. The predicted molar refractivity (Wildman–Crippen MR) is 69.0 cm³/mol. The number of methoxy groups -OCH3 is 1. The number of amides is 1. The van der Waals surface area contributed by atoms with Crippen LogP contribution in [-0.2, 0) is 14.8 Å². The summed E-state index contributed by atoms with van der Waals surface area (Å²) in [4.78, 5) is 11.0. The third-order valence-corrected chi connectivity index (χ3v) is 4.10. The molecule has 0 fully saturated rings. The molecule has 0 aliphatic carbocycles. The van der Waals surface area contributed by atoms with Gasteiger partial charge in [-0.25, -0.2) is 8.42 Å². The molecule has 0 saturated heterocycles. The van der Waals surface area contributed by atoms with Crippen LogP contribution in [0, 0.1) is 0 Å². The van der Waals surface area contributed by atoms with Crippen molar-refractivity contribution < 1.29 is 17.9 Å². The molecule has 1 aromatic rings. The van der Waals surface area contributed by atoms with E-state index in [2.05, 4.69) is 0 Å². The molecule has 0 aliphatic rings. The maximum atomic E-state index is 11.9. The second-order valence-corrected chi connectivity index (χ2v) is 5.75. The van der Waals surface area contributed by atoms with Gasteiger partial charge in [0.15, 0.2) is 0 Å². The summed E-state index contributed by atoms with van der Waals surface area (Å²) in [5.41, 5.74) is 5.45. The highest BCUT2D eigenvalue weighted by Crippen LogP contribution is 2.21. The molecule has 0 heterocycles. The molecule has 0 spiro atoms. The van der Waals surface area contributed by atoms with Gasteiger partial charge in [0.2, 0.25) is 15.9 Å². The van der Waals surface area contributed by atoms with Crippen molar-refractivity contribution in [1.29, 1.82) is 0 Å². The van der Waals surface area contributed by atoms with Gasteiger partial charge < -0.3 is 10.5 Å². The molecule has 7 heteroatoms. The standard InChI is InChI=1S/C11H16N2O4S/c1-3-18(15,16)13(8-11(12)14)9-4-6-10(17-2)7-5-9/h4-7H,3,8H2,1-2H3,(H2,12,14). The quantitative estimate of drug-likeness (QED) is 0.808. The Bertz CT molecular complexity index is 510. The maximum absolute atomic E-state index is 11.9. The summed E-state index contributed by atoms with van der Waals surface area (Å²) in [7, 11) is -2.02. The minimum Gasteiger partial charge on any atom is -0.497 e. The Kier molecular flexibility index (Phi) is 4.55. The molecule has 0 bridgehead atoms. The second-order valence-electron chi connectivity index (χ2n) is 3.57. The van der Waals surface area contributed by atoms with Crippen molar-refractivity contribution in [2.45, 2.75) is 6.92 Å². The number of anilines is 1. The van der Waals surface area contributed by atoms with Gasteiger partial charge in [-0.1, -0.05) is 0 Å². The van der Waals surface area contributed by atoms with Crippen LogP contribution >= 0.6 is 0 Å². The van der Waals surface area contributed by atoms with Crippen LogP contribution in [0.2, 0.25) is 0 Å². The van der Waals surface area contributed by atoms with Crippen molar-refractivity contribution in [3.8, 4) is 5.75 Å². The van der Waals surface area contributed by atoms with Crippen molar-refractivity contribution in [2.24, 2.45) is 5.73 Å². The number of nitrogens with two attached hydrogens (primary N) is 1. The minimum atomic E-state index is -3.54. The first-order chi connectivity index (χ1) is 8.40. The molecule has 0 unspecified atom stereocenters. The van der Waals surface area contributed by atoms with Crippen LogP contribution in [0.4, 0.5) is 5.69 Å². The van der Waals surface area contributed by atoms with Crippen LogP contribution in [0.3, 0.4) is 0 Å². The number of nitrogens with zero attached hydrogens (tertiary/aromatic N) is 1. The molecule has 1 aromatic carbocycles. The number of sulfonamides is 1. The SMILES string of the molecule is CCS(=O)(=O)N(CC(N)=O)c1ccc(OC)cc1. The smallest absolute Gasteiger partial charge is 0.238 e. The Morgan fingerprint density at radius 3 is 2.28 bits per heavy atom. The van der Waals surface area contributed by atoms with E-state index in [0.717, 1.165) is 4.31 Å². The molecule has 0 saturated carbocycles. The van der Waals surface area contributed by atoms with Gasteiger partial charge in [-0.05, 0) is 31.2 Å². The van der Waals surface area contributed by atoms with Crippen LogP contribution in [0.25, 0.3) is 0 Å². The van der Waals surface area contributed by atoms with Crippen molar-refractivity contribution >= 4 is 21.6 Å². The summed E-state index contributed by atoms with van der Waals surface area (Å²) in [5.74, 6) is -0.207. The topological polar surface area (TPSA) is 89.7 Å². The highest BCUT2D eigenvalue weighted by Gasteiger charge is 2.22. The predicted octanol–water partition coefficient (Wildman–Crippen LogP) is 0.337. The number of carbonyl (C=O) groups is 1. The van der Waals surface area contributed by atoms with Crippen LogP contribution < -0.4 is 14.8 Å². The lowest BCUT2D eigenvalue weighted by atomic mass is 10.3. The Hall–Kier alpha value is -1.76. The fourth-order valence-electron chi connectivity index (χ4n) is 1.40. The first-order valence-corrected chi connectivity index (χ1v) is 6.94. The highest BCUT2D eigenvalue weighted by molar-refractivity contribution is 7.92. The molecule has 2 N–H and O–H groups in total. The monoisotopic (exact) mass is 272 g/mol. The highest BCUT2D eigenvalue weighted by atomic mass is 32.2. The third kappa shape index (κ3) is 3.36. The molecular weight excluding hydrogens is 256 g/mol. The Labute approximate surface area is 106 Å². The van der Waals surface area contributed by atoms with Crippen molar-refractivity contribution in [3.05, 3.63) is 24.3 Å². The van der Waals surface area contributed by atoms with E-state index in [4.69, 9.17) is 10.5 Å². The first kappa shape index (κ1) is 14.3. The first-order valence-electron chi connectivity index (χ1n) is 5.33. The fourth-order valence-corrected chi connectivity index (χ4v) is 2.47. The summed E-state index contributed by atoms with van der Waals surface area (Å²) in [6.45, 7) is 1.13. The van der Waals surface area contributed by atoms with E-state index < -0.39 is 15.9 Å². The van der Waals surface area contributed by atoms with E-state index in [1.807, 2.05) is 0 Å². The summed E-state index contributed by atoms with van der Waals surface area (Å²) in [6, 6.07) is 6.37. The van der Waals surface area contributed by atoms with E-state index in [-0.39, 0.29) is 12.3 Å². The maximum Gasteiger partial charge on any atom is 0.238 e. The molecule has 6 nitrogen and oxygen atoms in total. The van der Waals surface area contributed by atoms with E-state index >= 15 is 0 Å². The average molecular weight is 272 g/mol. The molecule has 1 amide bonds. The normalized spacial score (nSPS) is 11.0. The van der Waals surface area contributed by atoms with E-state index in [0.29, 0.717) is 11.4 Å². The summed E-state index contributed by atoms with van der Waals surface area (Å²) >= 11 is 0. The number of hydrogen-bond acceptors (Lipinski definition) is 4. The van der Waals surface area contributed by atoms with Crippen LogP contribution in [0.15, 0.2) is 24.3 Å². The van der Waals surface area contributed by atoms with Gasteiger partial charge in [0.1, 0.15) is 12.3 Å². The molecule has 0 radical (unpaired) electrons. The lowest BCUT2D eigenvalue weighted by Crippen LogP contribution is -2.39. The molecule has 18 heavy (non-hydrogen) atoms. The molecule has 0 aliphatic heterocycles. The zero-order valence-electron chi connectivity index (χ0n) is 10.3. The summed E-state index contributed by atoms with van der Waals surface area (Å²) in [6.07, 6.45) is 0. The van der Waals surface area contributed by atoms with Crippen LogP contribution in [0.5, 0.6) is 5.75 Å². The third-order valence-electron chi connectivity index (χ3n) is 2.36. The van der Waals surface area contributed by atoms with E-state index in [1.54, 1.807) is 24.3 Å². The number of benzene rings is 1. The zero-order chi connectivity index (χ0) is 13.8. The van der Waals surface area contributed by atoms with E-state index in [1.165, 1.54) is 14.0 Å². The van der Waals surface area contributed by atoms with Gasteiger partial charge in [0.25, 0.3) is 0 Å². The molecular formula is C11H16N2O4S. The Balaban J connectivity index is 3.13. The molecule has 0 aromatic heterocycles. The van der Waals surface area contributed by atoms with Gasteiger partial charge in [-0.2, -0.15) is 0 Å². The molecule has 100 valence electrons. The number of hydrogen-bond donors (Lipinski definition) is 1. The Morgan fingerprint density at radius 2 is 1.89 bits per heavy atom. The van der Waals surface area contributed by atoms with Crippen molar-refractivity contribution in [1.82, 2.24) is 0 Å². The number of primary amides is 1. The van der Waals surface area contributed by atoms with Gasteiger partial charge in [0, 0.05) is 0 Å². The molecule has 0 atom stereocenters. The lowest BCUT2D eigenvalue weighted by Gasteiger charge is -2.22. The van der Waals surface area contributed by atoms with Crippen LogP contribution in [0.1, 0.15) is 6.92 Å². The minimum absolute atomic E-state index is 0.105. The van der Waals surface area contributed by atoms with Gasteiger partial charge in [0.05, 0.1) is 18.6 Å². The number of ether oxygens (including phenoxy) is 1. The number of carbonyl (C=O) groups excluding carboxylic acids is 1. The van der Waals surface area contributed by atoms with Crippen molar-refractivity contribution in [2.75, 3.05) is 23.7 Å². The second kappa shape index (κ2) is 5.72. The zero-order valence-corrected chi connectivity index (χ0v) is 11.1. The van der Waals surface area contributed by atoms with Crippen molar-refractivity contribution in [3.63, 3.8) is 0 Å². The lowest BCUT2D eigenvalue weighted by molar-refractivity contribution is -0.116. The van der Waals surface area contributed by atoms with Gasteiger partial charge >= 0.3 is 0 Å². The van der Waals surface area contributed by atoms with Crippen LogP contribution in [-0.4, -0.2) is 33.7 Å². The number of rotatable bonds is 6.